The molecule has 0 saturated carbocycles. The first-order valence-corrected chi connectivity index (χ1v) is 4.84. The van der Waals surface area contributed by atoms with Crippen LogP contribution in [0.1, 0.15) is 0 Å². The Kier molecular flexibility index (Phi) is 3.85. The lowest BCUT2D eigenvalue weighted by atomic mass is 10.4. The summed E-state index contributed by atoms with van der Waals surface area (Å²) in [6.07, 6.45) is 0. The van der Waals surface area contributed by atoms with Crippen molar-refractivity contribution in [2.75, 3.05) is 31.1 Å². The molecule has 0 bridgehead atoms. The molecule has 2 nitrogen and oxygen atoms in total. The lowest BCUT2D eigenvalue weighted by Crippen LogP contribution is -2.43. The predicted octanol–water partition coefficient (Wildman–Crippen LogP) is 1.58. The molecule has 1 aromatic heterocycles. The van der Waals surface area contributed by atoms with Gasteiger partial charge in [-0.3, -0.25) is 0 Å². The van der Waals surface area contributed by atoms with Crippen molar-refractivity contribution in [2.24, 2.45) is 0 Å². The standard InChI is InChI=1S/C8H12N2S.ClH/c1-2-8(11-7-1)10-5-3-9-4-6-10;/h1-2,7,9H,3-6H2;1H. The summed E-state index contributed by atoms with van der Waals surface area (Å²) in [7, 11) is 0. The van der Waals surface area contributed by atoms with Crippen LogP contribution in [-0.2, 0) is 0 Å². The summed E-state index contributed by atoms with van der Waals surface area (Å²) >= 11 is 1.83. The maximum absolute atomic E-state index is 3.34. The SMILES string of the molecule is Cl.c1csc(N2CCNCC2)c1. The monoisotopic (exact) mass is 204 g/mol. The van der Waals surface area contributed by atoms with Crippen molar-refractivity contribution in [3.05, 3.63) is 17.5 Å². The van der Waals surface area contributed by atoms with Crippen LogP contribution in [0.15, 0.2) is 17.5 Å². The lowest BCUT2D eigenvalue weighted by molar-refractivity contribution is 0.592. The van der Waals surface area contributed by atoms with E-state index in [4.69, 9.17) is 0 Å². The molecule has 1 N–H and O–H groups in total. The van der Waals surface area contributed by atoms with Gasteiger partial charge in [0.15, 0.2) is 0 Å². The molecule has 0 unspecified atom stereocenters. The summed E-state index contributed by atoms with van der Waals surface area (Å²) in [5, 5.41) is 6.88. The number of hydrogen-bond donors (Lipinski definition) is 1. The first-order valence-electron chi connectivity index (χ1n) is 3.96. The molecule has 12 heavy (non-hydrogen) atoms. The third-order valence-corrected chi connectivity index (χ3v) is 2.86. The van der Waals surface area contributed by atoms with Crippen LogP contribution < -0.4 is 10.2 Å². The molecule has 0 amide bonds. The topological polar surface area (TPSA) is 15.3 Å². The van der Waals surface area contributed by atoms with E-state index in [2.05, 4.69) is 27.7 Å². The molecule has 0 radical (unpaired) electrons. The second-order valence-corrected chi connectivity index (χ2v) is 3.61. The number of rotatable bonds is 1. The maximum Gasteiger partial charge on any atom is 0.0909 e. The average molecular weight is 205 g/mol. The Morgan fingerprint density at radius 2 is 2.08 bits per heavy atom. The number of anilines is 1. The van der Waals surface area contributed by atoms with Gasteiger partial charge in [-0.2, -0.15) is 0 Å². The number of thiophene rings is 1. The van der Waals surface area contributed by atoms with Gasteiger partial charge in [0, 0.05) is 26.2 Å². The highest BCUT2D eigenvalue weighted by Gasteiger charge is 2.09. The minimum absolute atomic E-state index is 0. The van der Waals surface area contributed by atoms with E-state index >= 15 is 0 Å². The van der Waals surface area contributed by atoms with Gasteiger partial charge in [0.25, 0.3) is 0 Å². The van der Waals surface area contributed by atoms with Crippen molar-refractivity contribution in [1.29, 1.82) is 0 Å². The van der Waals surface area contributed by atoms with Gasteiger partial charge in [0.2, 0.25) is 0 Å². The normalized spacial score (nSPS) is 17.2. The van der Waals surface area contributed by atoms with E-state index in [9.17, 15) is 0 Å². The highest BCUT2D eigenvalue weighted by molar-refractivity contribution is 7.14. The fourth-order valence-electron chi connectivity index (χ4n) is 1.34. The van der Waals surface area contributed by atoms with Crippen molar-refractivity contribution in [3.8, 4) is 0 Å². The molecule has 2 rings (SSSR count). The Labute approximate surface area is 83.0 Å². The van der Waals surface area contributed by atoms with E-state index in [0.717, 1.165) is 26.2 Å². The van der Waals surface area contributed by atoms with Gasteiger partial charge < -0.3 is 10.2 Å². The second kappa shape index (κ2) is 4.70. The Morgan fingerprint density at radius 1 is 1.33 bits per heavy atom. The molecule has 0 atom stereocenters. The number of hydrogen-bond acceptors (Lipinski definition) is 3. The van der Waals surface area contributed by atoms with Crippen LogP contribution in [0.4, 0.5) is 5.00 Å². The highest BCUT2D eigenvalue weighted by atomic mass is 35.5. The summed E-state index contributed by atoms with van der Waals surface area (Å²) in [5.74, 6) is 0. The van der Waals surface area contributed by atoms with Crippen molar-refractivity contribution < 1.29 is 0 Å². The quantitative estimate of drug-likeness (QED) is 0.748. The van der Waals surface area contributed by atoms with Gasteiger partial charge in [0.1, 0.15) is 0 Å². The van der Waals surface area contributed by atoms with Crippen LogP contribution in [0.5, 0.6) is 0 Å². The van der Waals surface area contributed by atoms with Crippen LogP contribution in [0.3, 0.4) is 0 Å². The number of nitrogens with one attached hydrogen (secondary N) is 1. The molecule has 1 aromatic rings. The molecule has 0 aliphatic carbocycles. The molecule has 1 fully saturated rings. The highest BCUT2D eigenvalue weighted by Crippen LogP contribution is 2.20. The Balaban J connectivity index is 0.000000720. The fourth-order valence-corrected chi connectivity index (χ4v) is 2.12. The van der Waals surface area contributed by atoms with Crippen LogP contribution >= 0.6 is 23.7 Å². The first kappa shape index (κ1) is 9.84. The molecule has 0 spiro atoms. The third kappa shape index (κ3) is 2.12. The summed E-state index contributed by atoms with van der Waals surface area (Å²) in [5.41, 5.74) is 0. The molecule has 1 aliphatic rings. The molecular weight excluding hydrogens is 192 g/mol. The second-order valence-electron chi connectivity index (χ2n) is 2.69. The summed E-state index contributed by atoms with van der Waals surface area (Å²) in [4.78, 5) is 2.43. The zero-order valence-electron chi connectivity index (χ0n) is 6.82. The average Bonchev–Trinajstić information content (AvgIpc) is 2.58. The van der Waals surface area contributed by atoms with Crippen molar-refractivity contribution in [3.63, 3.8) is 0 Å². The summed E-state index contributed by atoms with van der Waals surface area (Å²) < 4.78 is 0. The van der Waals surface area contributed by atoms with E-state index < -0.39 is 0 Å². The molecule has 2 heterocycles. The Bertz CT molecular complexity index is 207. The van der Waals surface area contributed by atoms with Crippen LogP contribution in [-0.4, -0.2) is 26.2 Å². The van der Waals surface area contributed by atoms with E-state index in [-0.39, 0.29) is 12.4 Å². The number of nitrogens with zero attached hydrogens (tertiary/aromatic N) is 1. The minimum Gasteiger partial charge on any atom is -0.361 e. The van der Waals surface area contributed by atoms with Crippen LogP contribution in [0.25, 0.3) is 0 Å². The Morgan fingerprint density at radius 3 is 2.67 bits per heavy atom. The lowest BCUT2D eigenvalue weighted by Gasteiger charge is -2.27. The van der Waals surface area contributed by atoms with Crippen molar-refractivity contribution in [1.82, 2.24) is 5.32 Å². The zero-order valence-corrected chi connectivity index (χ0v) is 8.46. The molecular formula is C8H13ClN2S. The zero-order chi connectivity index (χ0) is 7.52. The van der Waals surface area contributed by atoms with Crippen molar-refractivity contribution >= 4 is 28.7 Å². The predicted molar refractivity (Wildman–Crippen MR) is 56.6 cm³/mol. The van der Waals surface area contributed by atoms with Crippen LogP contribution in [0, 0.1) is 0 Å². The molecule has 1 aliphatic heterocycles. The number of halogens is 1. The van der Waals surface area contributed by atoms with Crippen LogP contribution in [0.2, 0.25) is 0 Å². The van der Waals surface area contributed by atoms with E-state index in [1.165, 1.54) is 5.00 Å². The molecule has 68 valence electrons. The van der Waals surface area contributed by atoms with Gasteiger partial charge in [0.05, 0.1) is 5.00 Å². The molecule has 1 saturated heterocycles. The Hall–Kier alpha value is -0.250. The van der Waals surface area contributed by atoms with Gasteiger partial charge >= 0.3 is 0 Å². The fraction of sp³-hybridized carbons (Fsp3) is 0.500. The largest absolute Gasteiger partial charge is 0.361 e. The summed E-state index contributed by atoms with van der Waals surface area (Å²) in [6.45, 7) is 4.55. The number of piperazine rings is 1. The van der Waals surface area contributed by atoms with Gasteiger partial charge in [-0.05, 0) is 17.5 Å². The summed E-state index contributed by atoms with van der Waals surface area (Å²) in [6, 6.07) is 4.30. The third-order valence-electron chi connectivity index (χ3n) is 1.93. The maximum atomic E-state index is 3.34. The molecule has 4 heteroatoms. The van der Waals surface area contributed by atoms with E-state index in [1.54, 1.807) is 0 Å². The van der Waals surface area contributed by atoms with E-state index in [0.29, 0.717) is 0 Å². The first-order chi connectivity index (χ1) is 5.47. The smallest absolute Gasteiger partial charge is 0.0909 e. The van der Waals surface area contributed by atoms with Gasteiger partial charge in [-0.15, -0.1) is 23.7 Å². The minimum atomic E-state index is 0. The van der Waals surface area contributed by atoms with Gasteiger partial charge in [-0.25, -0.2) is 0 Å². The molecule has 0 aromatic carbocycles. The van der Waals surface area contributed by atoms with Gasteiger partial charge in [-0.1, -0.05) is 0 Å². The van der Waals surface area contributed by atoms with Crippen molar-refractivity contribution in [2.45, 2.75) is 0 Å². The van der Waals surface area contributed by atoms with E-state index in [1.807, 2.05) is 11.3 Å².